The maximum absolute atomic E-state index is 14.7. The van der Waals surface area contributed by atoms with E-state index in [1.54, 1.807) is 62.3 Å². The second-order valence-electron chi connectivity index (χ2n) is 20.3. The van der Waals surface area contributed by atoms with E-state index in [2.05, 4.69) is 31.6 Å². The van der Waals surface area contributed by atoms with E-state index in [4.69, 9.17) is 24.8 Å². The Hall–Kier alpha value is -4.05. The molecule has 20 heteroatoms. The first kappa shape index (κ1) is 53.7. The number of carbonyl (C=O) groups is 6. The number of hydrogen-bond donors (Lipinski definition) is 6. The van der Waals surface area contributed by atoms with Crippen LogP contribution in [0.5, 0.6) is 0 Å². The molecule has 7 rings (SSSR count). The third kappa shape index (κ3) is 11.9. The Morgan fingerprint density at radius 1 is 0.786 bits per heavy atom. The molecule has 5 N–H and O–H groups in total. The number of hydrogen-bond acceptors (Lipinski definition) is 13. The minimum absolute atomic E-state index is 0.00325. The normalized spacial score (nSPS) is 27.1. The van der Waals surface area contributed by atoms with Crippen molar-refractivity contribution in [3.8, 4) is 0 Å². The van der Waals surface area contributed by atoms with E-state index in [0.29, 0.717) is 48.3 Å². The van der Waals surface area contributed by atoms with Gasteiger partial charge in [-0.25, -0.2) is 4.99 Å². The molecule has 0 aliphatic carbocycles. The minimum atomic E-state index is -1.05. The number of likely N-dealkylation sites (N-methyl/N-ethyl adjacent to an activating group) is 2. The van der Waals surface area contributed by atoms with Crippen molar-refractivity contribution < 1.29 is 28.8 Å². The molecule has 16 nitrogen and oxygen atoms in total. The Balaban J connectivity index is 1.06. The number of rotatable bonds is 15. The Kier molecular flexibility index (Phi) is 17.8. The molecule has 5 fully saturated rings. The largest absolute Gasteiger partial charge is 0.367 e. The van der Waals surface area contributed by atoms with E-state index in [1.807, 2.05) is 90.2 Å². The predicted molar refractivity (Wildman–Crippen MR) is 285 cm³/mol. The maximum Gasteiger partial charge on any atom is 0.268 e. The van der Waals surface area contributed by atoms with Gasteiger partial charge in [-0.2, -0.15) is 12.6 Å². The Morgan fingerprint density at radius 3 is 1.87 bits per heavy atom. The highest BCUT2D eigenvalue weighted by atomic mass is 32.2. The van der Waals surface area contributed by atoms with Crippen LogP contribution in [-0.4, -0.2) is 171 Å². The van der Waals surface area contributed by atoms with Gasteiger partial charge in [0.05, 0.1) is 33.1 Å². The summed E-state index contributed by atoms with van der Waals surface area (Å²) in [5.74, 6) is -1.25. The molecule has 6 amide bonds. The summed E-state index contributed by atoms with van der Waals surface area (Å²) in [7, 11) is 3.63. The van der Waals surface area contributed by atoms with Crippen LogP contribution < -0.4 is 26.6 Å². The predicted octanol–water partition coefficient (Wildman–Crippen LogP) is 3.40. The quantitative estimate of drug-likeness (QED) is 0.0661. The summed E-state index contributed by atoms with van der Waals surface area (Å²) in [6, 6.07) is 14.4. The number of carbonyl (C=O) groups excluding carboxylic acids is 6. The Bertz CT molecular complexity index is 2270. The molecule has 5 aliphatic heterocycles. The zero-order valence-electron chi connectivity index (χ0n) is 41.3. The number of nitrogens with one attached hydrogen (secondary N) is 5. The molecule has 5 saturated heterocycles. The third-order valence-electron chi connectivity index (χ3n) is 14.4. The van der Waals surface area contributed by atoms with Crippen molar-refractivity contribution in [2.24, 2.45) is 15.8 Å². The van der Waals surface area contributed by atoms with E-state index in [9.17, 15) is 28.8 Å². The zero-order valence-corrected chi connectivity index (χ0v) is 44.6. The van der Waals surface area contributed by atoms with Crippen LogP contribution in [0.4, 0.5) is 0 Å². The number of benzene rings is 2. The lowest BCUT2D eigenvalue weighted by atomic mass is 9.83. The lowest BCUT2D eigenvalue weighted by Gasteiger charge is -2.38. The van der Waals surface area contributed by atoms with Crippen LogP contribution in [0.2, 0.25) is 0 Å². The zero-order chi connectivity index (χ0) is 50.5. The summed E-state index contributed by atoms with van der Waals surface area (Å²) in [5.41, 5.74) is 0.0895. The molecule has 0 radical (unpaired) electrons. The van der Waals surface area contributed by atoms with Crippen molar-refractivity contribution in [1.82, 2.24) is 46.2 Å². The monoisotopic (exact) mass is 1030 g/mol. The lowest BCUT2D eigenvalue weighted by molar-refractivity contribution is -0.145. The summed E-state index contributed by atoms with van der Waals surface area (Å²) < 4.78 is 0. The van der Waals surface area contributed by atoms with Crippen LogP contribution >= 0.6 is 48.4 Å². The lowest BCUT2D eigenvalue weighted by Crippen LogP contribution is -2.59. The molecule has 2 aromatic rings. The number of piperazine rings is 1. The fraction of sp³-hybridized carbons (Fsp3) is 0.600. The SMILES string of the molecule is CNCC(=S)N[C@H]1CCS[C@H]2CC(C)(C)[C@@H](C(=O)N[C@H](C(=O)N3CCN(C(=O)C(C=NC(=O)[C@H]4N5C(=O)[C@@H](NC(S)[C@H](C)NC)CCS[C@H]5CC4(C)C)c4ccccc4)CC3)c3ccccc3)N2C1=O. The van der Waals surface area contributed by atoms with Crippen molar-refractivity contribution in [2.45, 2.75) is 119 Å². The van der Waals surface area contributed by atoms with E-state index in [1.165, 1.54) is 6.21 Å². The molecule has 5 aliphatic rings. The summed E-state index contributed by atoms with van der Waals surface area (Å²) in [6.45, 7) is 11.2. The fourth-order valence-corrected chi connectivity index (χ4v) is 14.2. The smallest absolute Gasteiger partial charge is 0.268 e. The first-order valence-corrected chi connectivity index (χ1v) is 27.4. The van der Waals surface area contributed by atoms with Gasteiger partial charge in [0, 0.05) is 45.0 Å². The minimum Gasteiger partial charge on any atom is -0.367 e. The van der Waals surface area contributed by atoms with Gasteiger partial charge in [-0.1, -0.05) is 101 Å². The van der Waals surface area contributed by atoms with Crippen molar-refractivity contribution in [3.63, 3.8) is 0 Å². The average molecular weight is 1040 g/mol. The second kappa shape index (κ2) is 23.2. The van der Waals surface area contributed by atoms with Gasteiger partial charge in [-0.15, -0.1) is 23.5 Å². The van der Waals surface area contributed by atoms with Crippen molar-refractivity contribution in [2.75, 3.05) is 58.3 Å². The van der Waals surface area contributed by atoms with Gasteiger partial charge in [-0.3, -0.25) is 34.1 Å². The number of aliphatic imine (C=N–C) groups is 1. The van der Waals surface area contributed by atoms with Gasteiger partial charge in [0.25, 0.3) is 5.91 Å². The standard InChI is InChI=1S/C50H70N10O6S4/c1-30(52-7)44(68)55-35-19-25-70-37-26-49(2,3)40(59(37)47(35)65)42(61)53-28-33(31-14-10-8-11-15-31)45(63)57-20-22-58(23-21-57)48(66)39(32-16-12-9-13-17-32)56-43(62)41-50(4,5)27-38-60(41)46(64)34(18-24-69-38)54-36(67)29-51-6/h8-17,28,30,33-35,37-41,44,51-52,55,68H,18-27,29H2,1-7H3,(H,54,67)(H,56,62)/t30-,33?,34-,35-,37-,38-,39-,40+,41+,44?/m0/s1. The number of thioether (sulfide) groups is 2. The van der Waals surface area contributed by atoms with Crippen LogP contribution in [0, 0.1) is 10.8 Å². The summed E-state index contributed by atoms with van der Waals surface area (Å²) in [6.07, 6.45) is 3.83. The first-order chi connectivity index (χ1) is 33.4. The second-order valence-corrected chi connectivity index (χ2v) is 23.9. The van der Waals surface area contributed by atoms with Gasteiger partial charge in [0.15, 0.2) is 0 Å². The molecule has 0 saturated carbocycles. The molecule has 10 atom stereocenters. The van der Waals surface area contributed by atoms with Gasteiger partial charge in [-0.05, 0) is 80.2 Å². The van der Waals surface area contributed by atoms with Crippen molar-refractivity contribution in [1.29, 1.82) is 0 Å². The summed E-state index contributed by atoms with van der Waals surface area (Å²) in [4.78, 5) is 98.7. The highest BCUT2D eigenvalue weighted by Gasteiger charge is 2.56. The fourth-order valence-electron chi connectivity index (χ4n) is 10.5. The molecule has 5 heterocycles. The molecule has 0 bridgehead atoms. The van der Waals surface area contributed by atoms with Crippen molar-refractivity contribution >= 4 is 95.0 Å². The molecule has 380 valence electrons. The highest BCUT2D eigenvalue weighted by Crippen LogP contribution is 2.48. The molecule has 0 aromatic heterocycles. The Morgan fingerprint density at radius 2 is 1.30 bits per heavy atom. The van der Waals surface area contributed by atoms with E-state index < -0.39 is 58.8 Å². The van der Waals surface area contributed by atoms with E-state index >= 15 is 0 Å². The average Bonchev–Trinajstić information content (AvgIpc) is 3.66. The number of thiol groups is 1. The van der Waals surface area contributed by atoms with E-state index in [0.717, 1.165) is 11.5 Å². The highest BCUT2D eigenvalue weighted by molar-refractivity contribution is 8.00. The first-order valence-electron chi connectivity index (χ1n) is 24.4. The third-order valence-corrected chi connectivity index (χ3v) is 17.8. The summed E-state index contributed by atoms with van der Waals surface area (Å²) in [5, 5.41) is 15.2. The van der Waals surface area contributed by atoms with Crippen LogP contribution in [0.3, 0.4) is 0 Å². The molecular weight excluding hydrogens is 965 g/mol. The summed E-state index contributed by atoms with van der Waals surface area (Å²) >= 11 is 13.6. The number of thiocarbonyl (C=S) groups is 1. The van der Waals surface area contributed by atoms with Crippen molar-refractivity contribution in [3.05, 3.63) is 71.8 Å². The molecule has 2 aromatic carbocycles. The van der Waals surface area contributed by atoms with Crippen LogP contribution in [0.1, 0.15) is 83.4 Å². The maximum atomic E-state index is 14.7. The van der Waals surface area contributed by atoms with Gasteiger partial charge in [0.2, 0.25) is 29.5 Å². The Labute approximate surface area is 432 Å². The topological polar surface area (TPSA) is 188 Å². The molecule has 2 unspecified atom stereocenters. The van der Waals surface area contributed by atoms with Gasteiger partial charge < -0.3 is 40.9 Å². The number of fused-ring (bicyclic) bond motifs is 2. The number of nitrogens with zero attached hydrogens (tertiary/aromatic N) is 5. The van der Waals surface area contributed by atoms with Gasteiger partial charge in [0.1, 0.15) is 24.2 Å². The van der Waals surface area contributed by atoms with Crippen LogP contribution in [-0.2, 0) is 28.8 Å². The van der Waals surface area contributed by atoms with E-state index in [-0.39, 0.29) is 72.0 Å². The van der Waals surface area contributed by atoms with Crippen LogP contribution in [0.15, 0.2) is 65.7 Å². The molecule has 70 heavy (non-hydrogen) atoms. The number of amides is 6. The molecular formula is C50H70N10O6S4. The van der Waals surface area contributed by atoms with Crippen LogP contribution in [0.25, 0.3) is 0 Å². The van der Waals surface area contributed by atoms with Gasteiger partial charge >= 0.3 is 0 Å². The molecule has 0 spiro atoms.